The molecule has 0 saturated heterocycles. The number of carbonyl (C=O) groups excluding carboxylic acids is 1. The summed E-state index contributed by atoms with van der Waals surface area (Å²) in [5.74, 6) is -1.23. The van der Waals surface area contributed by atoms with E-state index in [-0.39, 0.29) is 20.8 Å². The van der Waals surface area contributed by atoms with Crippen LogP contribution in [-0.2, 0) is 0 Å². The van der Waals surface area contributed by atoms with Crippen molar-refractivity contribution in [2.24, 2.45) is 0 Å². The SMILES string of the molecule is O=C(c1cccc(Br)c1F)c1ncc(Cl)cc1Cl. The Balaban J connectivity index is 2.51. The number of pyridine rings is 1. The van der Waals surface area contributed by atoms with Gasteiger partial charge in [0.05, 0.1) is 20.1 Å². The van der Waals surface area contributed by atoms with E-state index in [2.05, 4.69) is 20.9 Å². The van der Waals surface area contributed by atoms with Gasteiger partial charge in [-0.2, -0.15) is 0 Å². The molecular weight excluding hydrogens is 344 g/mol. The first kappa shape index (κ1) is 13.5. The maximum Gasteiger partial charge on any atom is 0.215 e. The Bertz CT molecular complexity index is 633. The summed E-state index contributed by atoms with van der Waals surface area (Å²) in [6, 6.07) is 5.82. The highest BCUT2D eigenvalue weighted by molar-refractivity contribution is 9.10. The Morgan fingerprint density at radius 1 is 1.33 bits per heavy atom. The van der Waals surface area contributed by atoms with Crippen molar-refractivity contribution in [3.63, 3.8) is 0 Å². The maximum absolute atomic E-state index is 13.8. The smallest absolute Gasteiger partial charge is 0.215 e. The summed E-state index contributed by atoms with van der Waals surface area (Å²) in [5.41, 5.74) is -0.126. The fourth-order valence-corrected chi connectivity index (χ4v) is 2.22. The van der Waals surface area contributed by atoms with E-state index in [1.807, 2.05) is 0 Å². The van der Waals surface area contributed by atoms with Crippen molar-refractivity contribution >= 4 is 44.9 Å². The van der Waals surface area contributed by atoms with Crippen LogP contribution in [-0.4, -0.2) is 10.8 Å². The minimum atomic E-state index is -0.643. The van der Waals surface area contributed by atoms with Gasteiger partial charge in [-0.05, 0) is 34.1 Å². The van der Waals surface area contributed by atoms with Gasteiger partial charge in [-0.25, -0.2) is 9.37 Å². The zero-order valence-electron chi connectivity index (χ0n) is 8.75. The number of hydrogen-bond acceptors (Lipinski definition) is 2. The molecule has 0 aliphatic heterocycles. The zero-order chi connectivity index (χ0) is 13.3. The van der Waals surface area contributed by atoms with Crippen LogP contribution in [0.5, 0.6) is 0 Å². The van der Waals surface area contributed by atoms with Gasteiger partial charge in [-0.1, -0.05) is 29.3 Å². The lowest BCUT2D eigenvalue weighted by Crippen LogP contribution is -2.07. The van der Waals surface area contributed by atoms with Crippen LogP contribution in [0.15, 0.2) is 34.9 Å². The Kier molecular flexibility index (Phi) is 4.00. The molecule has 0 radical (unpaired) electrons. The van der Waals surface area contributed by atoms with Crippen molar-refractivity contribution in [1.29, 1.82) is 0 Å². The molecule has 1 heterocycles. The molecule has 2 rings (SSSR count). The molecule has 0 saturated carbocycles. The average molecular weight is 349 g/mol. The third kappa shape index (κ3) is 2.55. The predicted octanol–water partition coefficient (Wildman–Crippen LogP) is 4.52. The molecule has 0 fully saturated rings. The van der Waals surface area contributed by atoms with Gasteiger partial charge in [0.2, 0.25) is 5.78 Å². The lowest BCUT2D eigenvalue weighted by atomic mass is 10.1. The van der Waals surface area contributed by atoms with Crippen LogP contribution >= 0.6 is 39.1 Å². The number of rotatable bonds is 2. The van der Waals surface area contributed by atoms with Gasteiger partial charge in [-0.3, -0.25) is 4.79 Å². The molecule has 0 aliphatic carbocycles. The van der Waals surface area contributed by atoms with Crippen molar-refractivity contribution in [1.82, 2.24) is 4.98 Å². The lowest BCUT2D eigenvalue weighted by molar-refractivity contribution is 0.103. The molecule has 2 aromatic rings. The Labute approximate surface area is 121 Å². The second kappa shape index (κ2) is 5.34. The van der Waals surface area contributed by atoms with Crippen LogP contribution in [0.2, 0.25) is 10.0 Å². The highest BCUT2D eigenvalue weighted by atomic mass is 79.9. The number of aromatic nitrogens is 1. The fraction of sp³-hybridized carbons (Fsp3) is 0. The minimum absolute atomic E-state index is 0.0296. The van der Waals surface area contributed by atoms with Gasteiger partial charge in [0.15, 0.2) is 0 Å². The average Bonchev–Trinajstić information content (AvgIpc) is 2.32. The summed E-state index contributed by atoms with van der Waals surface area (Å²) in [6.07, 6.45) is 1.29. The molecule has 0 bridgehead atoms. The predicted molar refractivity (Wildman–Crippen MR) is 71.8 cm³/mol. The van der Waals surface area contributed by atoms with E-state index in [1.54, 1.807) is 6.07 Å². The summed E-state index contributed by atoms with van der Waals surface area (Å²) < 4.78 is 14.0. The number of hydrogen-bond donors (Lipinski definition) is 0. The second-order valence-electron chi connectivity index (χ2n) is 3.41. The van der Waals surface area contributed by atoms with Crippen LogP contribution in [0.4, 0.5) is 4.39 Å². The monoisotopic (exact) mass is 347 g/mol. The van der Waals surface area contributed by atoms with Crippen molar-refractivity contribution in [2.45, 2.75) is 0 Å². The first-order valence-electron chi connectivity index (χ1n) is 4.80. The Hall–Kier alpha value is -0.970. The minimum Gasteiger partial charge on any atom is -0.287 e. The Morgan fingerprint density at radius 2 is 2.06 bits per heavy atom. The van der Waals surface area contributed by atoms with E-state index in [9.17, 15) is 9.18 Å². The van der Waals surface area contributed by atoms with Crippen molar-refractivity contribution in [3.05, 3.63) is 62.1 Å². The molecule has 1 aromatic carbocycles. The van der Waals surface area contributed by atoms with Crippen LogP contribution in [0.25, 0.3) is 0 Å². The van der Waals surface area contributed by atoms with E-state index in [0.29, 0.717) is 5.02 Å². The van der Waals surface area contributed by atoms with Crippen molar-refractivity contribution in [3.8, 4) is 0 Å². The molecule has 0 aliphatic rings. The molecule has 92 valence electrons. The molecule has 0 atom stereocenters. The molecule has 6 heteroatoms. The topological polar surface area (TPSA) is 30.0 Å². The number of nitrogens with zero attached hydrogens (tertiary/aromatic N) is 1. The quantitative estimate of drug-likeness (QED) is 0.747. The number of halogens is 4. The fourth-order valence-electron chi connectivity index (χ4n) is 1.39. The van der Waals surface area contributed by atoms with Crippen LogP contribution < -0.4 is 0 Å². The van der Waals surface area contributed by atoms with Crippen LogP contribution in [0.3, 0.4) is 0 Å². The van der Waals surface area contributed by atoms with Crippen molar-refractivity contribution in [2.75, 3.05) is 0 Å². The van der Waals surface area contributed by atoms with Gasteiger partial charge >= 0.3 is 0 Å². The Morgan fingerprint density at radius 3 is 2.72 bits per heavy atom. The molecule has 0 unspecified atom stereocenters. The number of ketones is 1. The second-order valence-corrected chi connectivity index (χ2v) is 5.11. The van der Waals surface area contributed by atoms with E-state index in [1.165, 1.54) is 24.4 Å². The van der Waals surface area contributed by atoms with E-state index in [4.69, 9.17) is 23.2 Å². The van der Waals surface area contributed by atoms with E-state index < -0.39 is 11.6 Å². The lowest BCUT2D eigenvalue weighted by Gasteiger charge is -2.05. The molecule has 1 aromatic heterocycles. The first-order valence-corrected chi connectivity index (χ1v) is 6.35. The van der Waals surface area contributed by atoms with Gasteiger partial charge in [-0.15, -0.1) is 0 Å². The van der Waals surface area contributed by atoms with Crippen molar-refractivity contribution < 1.29 is 9.18 Å². The van der Waals surface area contributed by atoms with Gasteiger partial charge < -0.3 is 0 Å². The van der Waals surface area contributed by atoms with Crippen LogP contribution in [0.1, 0.15) is 16.1 Å². The normalized spacial score (nSPS) is 10.4. The van der Waals surface area contributed by atoms with Gasteiger partial charge in [0, 0.05) is 6.20 Å². The van der Waals surface area contributed by atoms with E-state index >= 15 is 0 Å². The third-order valence-corrected chi connectivity index (χ3v) is 3.33. The van der Waals surface area contributed by atoms with Gasteiger partial charge in [0.25, 0.3) is 0 Å². The van der Waals surface area contributed by atoms with Gasteiger partial charge in [0.1, 0.15) is 11.5 Å². The van der Waals surface area contributed by atoms with E-state index in [0.717, 1.165) is 0 Å². The standard InChI is InChI=1S/C12H5BrCl2FNO/c13-8-3-1-2-7(10(8)16)12(18)11-9(15)4-6(14)5-17-11/h1-5H. The summed E-state index contributed by atoms with van der Waals surface area (Å²) in [4.78, 5) is 15.9. The maximum atomic E-state index is 13.8. The number of carbonyl (C=O) groups is 1. The summed E-state index contributed by atoms with van der Waals surface area (Å²) in [7, 11) is 0. The molecule has 0 amide bonds. The summed E-state index contributed by atoms with van der Waals surface area (Å²) in [5, 5.41) is 0.401. The van der Waals surface area contributed by atoms with Crippen LogP contribution in [0, 0.1) is 5.82 Å². The summed E-state index contributed by atoms with van der Waals surface area (Å²) in [6.45, 7) is 0. The molecule has 0 spiro atoms. The highest BCUT2D eigenvalue weighted by Crippen LogP contribution is 2.24. The molecular formula is C12H5BrCl2FNO. The molecule has 0 N–H and O–H groups in total. The molecule has 2 nitrogen and oxygen atoms in total. The highest BCUT2D eigenvalue weighted by Gasteiger charge is 2.19. The first-order chi connectivity index (χ1) is 8.50. The summed E-state index contributed by atoms with van der Waals surface area (Å²) >= 11 is 14.6. The zero-order valence-corrected chi connectivity index (χ0v) is 11.9. The third-order valence-electron chi connectivity index (χ3n) is 2.22. The largest absolute Gasteiger partial charge is 0.287 e. The molecule has 18 heavy (non-hydrogen) atoms. The number of benzene rings is 1.